The van der Waals surface area contributed by atoms with E-state index in [9.17, 15) is 4.79 Å². The molecule has 1 N–H and O–H groups in total. The Balaban J connectivity index is 2.87. The maximum Gasteiger partial charge on any atom is 0.251 e. The number of rotatable bonds is 3. The van der Waals surface area contributed by atoms with Gasteiger partial charge in [-0.15, -0.1) is 11.6 Å². The summed E-state index contributed by atoms with van der Waals surface area (Å²) in [4.78, 5) is 11.8. The first-order valence-corrected chi connectivity index (χ1v) is 5.59. The summed E-state index contributed by atoms with van der Waals surface area (Å²) in [5.41, 5.74) is 1.39. The van der Waals surface area contributed by atoms with Gasteiger partial charge in [0.2, 0.25) is 0 Å². The summed E-state index contributed by atoms with van der Waals surface area (Å²) in [6.45, 7) is 3.67. The van der Waals surface area contributed by atoms with Gasteiger partial charge in [0.25, 0.3) is 5.91 Å². The van der Waals surface area contributed by atoms with Crippen molar-refractivity contribution in [1.29, 1.82) is 0 Å². The summed E-state index contributed by atoms with van der Waals surface area (Å²) in [6, 6.07) is 5.23. The van der Waals surface area contributed by atoms with Crippen molar-refractivity contribution in [2.45, 2.75) is 19.9 Å². The number of halogens is 2. The smallest absolute Gasteiger partial charge is 0.251 e. The Kier molecular flexibility index (Phi) is 4.43. The summed E-state index contributed by atoms with van der Waals surface area (Å²) in [5.74, 6) is 0.258. The first kappa shape index (κ1) is 12.3. The molecule has 1 rings (SSSR count). The van der Waals surface area contributed by atoms with E-state index in [1.165, 1.54) is 0 Å². The van der Waals surface area contributed by atoms with E-state index < -0.39 is 0 Å². The molecule has 0 aliphatic rings. The zero-order valence-electron chi connectivity index (χ0n) is 8.68. The Hall–Kier alpha value is -0.730. The Morgan fingerprint density at radius 3 is 2.80 bits per heavy atom. The second-order valence-corrected chi connectivity index (χ2v) is 4.16. The first-order chi connectivity index (χ1) is 7.06. The molecule has 1 amide bonds. The highest BCUT2D eigenvalue weighted by Crippen LogP contribution is 2.18. The monoisotopic (exact) mass is 245 g/mol. The van der Waals surface area contributed by atoms with E-state index in [1.54, 1.807) is 18.2 Å². The molecule has 0 spiro atoms. The van der Waals surface area contributed by atoms with Crippen molar-refractivity contribution in [3.8, 4) is 0 Å². The van der Waals surface area contributed by atoms with Gasteiger partial charge in [0, 0.05) is 22.5 Å². The highest BCUT2D eigenvalue weighted by atomic mass is 35.5. The van der Waals surface area contributed by atoms with E-state index in [0.29, 0.717) is 16.5 Å². The average molecular weight is 246 g/mol. The van der Waals surface area contributed by atoms with Crippen LogP contribution in [0.5, 0.6) is 0 Å². The molecule has 0 fully saturated rings. The van der Waals surface area contributed by atoms with E-state index in [0.717, 1.165) is 5.56 Å². The molecule has 4 heteroatoms. The lowest BCUT2D eigenvalue weighted by Crippen LogP contribution is -2.34. The van der Waals surface area contributed by atoms with E-state index in [1.807, 2.05) is 13.8 Å². The number of carbonyl (C=O) groups is 1. The third kappa shape index (κ3) is 3.11. The highest BCUT2D eigenvalue weighted by molar-refractivity contribution is 6.31. The maximum absolute atomic E-state index is 11.8. The van der Waals surface area contributed by atoms with Crippen molar-refractivity contribution >= 4 is 29.1 Å². The van der Waals surface area contributed by atoms with Gasteiger partial charge in [-0.05, 0) is 31.5 Å². The minimum atomic E-state index is -0.136. The summed E-state index contributed by atoms with van der Waals surface area (Å²) in [5, 5.41) is 3.38. The standard InChI is InChI=1S/C11H13Cl2NO/c1-7(6-12)14-11(15)9-4-3-5-10(13)8(9)2/h3-5,7H,6H2,1-2H3,(H,14,15). The predicted molar refractivity (Wildman–Crippen MR) is 63.8 cm³/mol. The van der Waals surface area contributed by atoms with Crippen molar-refractivity contribution in [2.24, 2.45) is 0 Å². The van der Waals surface area contributed by atoms with Gasteiger partial charge >= 0.3 is 0 Å². The first-order valence-electron chi connectivity index (χ1n) is 4.68. The van der Waals surface area contributed by atoms with Gasteiger partial charge in [0.05, 0.1) is 0 Å². The van der Waals surface area contributed by atoms with Crippen LogP contribution in [0.15, 0.2) is 18.2 Å². The molecule has 0 saturated heterocycles. The van der Waals surface area contributed by atoms with E-state index in [4.69, 9.17) is 23.2 Å². The number of carbonyl (C=O) groups excluding carboxylic acids is 1. The molecule has 0 heterocycles. The molecule has 1 aromatic carbocycles. The van der Waals surface area contributed by atoms with Crippen molar-refractivity contribution in [1.82, 2.24) is 5.32 Å². The zero-order chi connectivity index (χ0) is 11.4. The summed E-state index contributed by atoms with van der Waals surface area (Å²) in [7, 11) is 0. The third-order valence-corrected chi connectivity index (χ3v) is 2.99. The molecule has 0 bridgehead atoms. The average Bonchev–Trinajstić information content (AvgIpc) is 2.21. The molecule has 0 saturated carbocycles. The third-order valence-electron chi connectivity index (χ3n) is 2.12. The van der Waals surface area contributed by atoms with Gasteiger partial charge in [-0.2, -0.15) is 0 Å². The van der Waals surface area contributed by atoms with Crippen LogP contribution in [0.4, 0.5) is 0 Å². The zero-order valence-corrected chi connectivity index (χ0v) is 10.2. The fraction of sp³-hybridized carbons (Fsp3) is 0.364. The van der Waals surface area contributed by atoms with Crippen LogP contribution in [0.3, 0.4) is 0 Å². The molecule has 82 valence electrons. The van der Waals surface area contributed by atoms with Crippen LogP contribution in [-0.4, -0.2) is 17.8 Å². The summed E-state index contributed by atoms with van der Waals surface area (Å²) >= 11 is 11.5. The minimum Gasteiger partial charge on any atom is -0.348 e. The van der Waals surface area contributed by atoms with Crippen molar-refractivity contribution in [3.05, 3.63) is 34.3 Å². The summed E-state index contributed by atoms with van der Waals surface area (Å²) in [6.07, 6.45) is 0. The van der Waals surface area contributed by atoms with Gasteiger partial charge in [0.15, 0.2) is 0 Å². The van der Waals surface area contributed by atoms with Crippen LogP contribution in [0.1, 0.15) is 22.8 Å². The van der Waals surface area contributed by atoms with E-state index in [-0.39, 0.29) is 11.9 Å². The highest BCUT2D eigenvalue weighted by Gasteiger charge is 2.12. The molecule has 0 aliphatic heterocycles. The number of benzene rings is 1. The lowest BCUT2D eigenvalue weighted by Gasteiger charge is -2.12. The van der Waals surface area contributed by atoms with Gasteiger partial charge in [-0.25, -0.2) is 0 Å². The Labute approximate surface area is 99.6 Å². The number of alkyl halides is 1. The molecular formula is C11H13Cl2NO. The number of nitrogens with one attached hydrogen (secondary N) is 1. The fourth-order valence-electron chi connectivity index (χ4n) is 1.19. The molecule has 1 unspecified atom stereocenters. The Morgan fingerprint density at radius 2 is 2.20 bits per heavy atom. The second-order valence-electron chi connectivity index (χ2n) is 3.44. The van der Waals surface area contributed by atoms with Crippen LogP contribution in [0, 0.1) is 6.92 Å². The number of hydrogen-bond acceptors (Lipinski definition) is 1. The van der Waals surface area contributed by atoms with E-state index >= 15 is 0 Å². The topological polar surface area (TPSA) is 29.1 Å². The minimum absolute atomic E-state index is 0.0439. The molecule has 0 radical (unpaired) electrons. The quantitative estimate of drug-likeness (QED) is 0.816. The van der Waals surface area contributed by atoms with Crippen molar-refractivity contribution < 1.29 is 4.79 Å². The molecule has 1 aromatic rings. The molecule has 1 atom stereocenters. The maximum atomic E-state index is 11.8. The largest absolute Gasteiger partial charge is 0.348 e. The SMILES string of the molecule is Cc1c(Cl)cccc1C(=O)NC(C)CCl. The van der Waals surface area contributed by atoms with E-state index in [2.05, 4.69) is 5.32 Å². The number of hydrogen-bond donors (Lipinski definition) is 1. The lowest BCUT2D eigenvalue weighted by molar-refractivity contribution is 0.0943. The normalized spacial score (nSPS) is 12.3. The lowest BCUT2D eigenvalue weighted by atomic mass is 10.1. The predicted octanol–water partition coefficient (Wildman–Crippen LogP) is 3.01. The van der Waals surface area contributed by atoms with Gasteiger partial charge < -0.3 is 5.32 Å². The molecule has 2 nitrogen and oxygen atoms in total. The Bertz CT molecular complexity index is 366. The molecular weight excluding hydrogens is 233 g/mol. The van der Waals surface area contributed by atoms with Crippen LogP contribution in [0.2, 0.25) is 5.02 Å². The van der Waals surface area contributed by atoms with Crippen molar-refractivity contribution in [2.75, 3.05) is 5.88 Å². The van der Waals surface area contributed by atoms with Crippen LogP contribution >= 0.6 is 23.2 Å². The fourth-order valence-corrected chi connectivity index (χ4v) is 1.45. The van der Waals surface area contributed by atoms with Crippen LogP contribution in [-0.2, 0) is 0 Å². The van der Waals surface area contributed by atoms with Crippen molar-refractivity contribution in [3.63, 3.8) is 0 Å². The van der Waals surface area contributed by atoms with Crippen LogP contribution < -0.4 is 5.32 Å². The van der Waals surface area contributed by atoms with Gasteiger partial charge in [0.1, 0.15) is 0 Å². The summed E-state index contributed by atoms with van der Waals surface area (Å²) < 4.78 is 0. The van der Waals surface area contributed by atoms with Crippen LogP contribution in [0.25, 0.3) is 0 Å². The molecule has 0 aromatic heterocycles. The van der Waals surface area contributed by atoms with Gasteiger partial charge in [-0.1, -0.05) is 17.7 Å². The Morgan fingerprint density at radius 1 is 1.53 bits per heavy atom. The molecule has 0 aliphatic carbocycles. The molecule has 15 heavy (non-hydrogen) atoms. The van der Waals surface area contributed by atoms with Gasteiger partial charge in [-0.3, -0.25) is 4.79 Å². The second kappa shape index (κ2) is 5.38. The number of amides is 1.